The van der Waals surface area contributed by atoms with Crippen molar-refractivity contribution < 1.29 is 66.8 Å². The van der Waals surface area contributed by atoms with Gasteiger partial charge in [0.2, 0.25) is 0 Å². The Morgan fingerprint density at radius 1 is 0.676 bits per heavy atom. The molecule has 1 fully saturated rings. The van der Waals surface area contributed by atoms with Crippen LogP contribution in [0.5, 0.6) is 0 Å². The van der Waals surface area contributed by atoms with Gasteiger partial charge in [-0.3, -0.25) is 9.11 Å². The van der Waals surface area contributed by atoms with Gasteiger partial charge in [0, 0.05) is 0 Å². The van der Waals surface area contributed by atoms with E-state index in [1.54, 1.807) is 24.3 Å². The summed E-state index contributed by atoms with van der Waals surface area (Å²) in [6.07, 6.45) is 4.25. The third kappa shape index (κ3) is 17.0. The molecule has 210 valence electrons. The van der Waals surface area contributed by atoms with Gasteiger partial charge in [0.15, 0.2) is 0 Å². The largest absolute Gasteiger partial charge is 2.00 e. The van der Waals surface area contributed by atoms with E-state index >= 15 is 0 Å². The van der Waals surface area contributed by atoms with Gasteiger partial charge in [-0.15, -0.1) is 0 Å². The molecule has 0 aromatic heterocycles. The zero-order valence-corrected chi connectivity index (χ0v) is 23.9. The Bertz CT molecular complexity index is 1090. The zero-order chi connectivity index (χ0) is 28.1. The van der Waals surface area contributed by atoms with E-state index in [0.717, 1.165) is 24.0 Å². The van der Waals surface area contributed by atoms with Crippen LogP contribution in [0, 0.1) is 13.8 Å². The monoisotopic (exact) mass is 741 g/mol. The van der Waals surface area contributed by atoms with Crippen LogP contribution in [-0.4, -0.2) is 60.2 Å². The van der Waals surface area contributed by atoms with E-state index in [1.165, 1.54) is 37.1 Å². The first-order valence-corrected chi connectivity index (χ1v) is 13.3. The number of carbonyl (C=O) groups is 2. The number of rotatable bonds is 2. The number of carboxylic acids is 2. The molecular formula is C22H30N2O10PtS2. The number of aryl methyl sites for hydroxylation is 2. The molecule has 12 nitrogen and oxygen atoms in total. The molecule has 1 aliphatic rings. The number of hydrogen-bond donors (Lipinski definition) is 4. The van der Waals surface area contributed by atoms with Crippen LogP contribution in [0.4, 0.5) is 0 Å². The molecular weight excluding hydrogens is 711 g/mol. The maximum absolute atomic E-state index is 10.5. The van der Waals surface area contributed by atoms with Crippen molar-refractivity contribution in [2.75, 3.05) is 0 Å². The fraction of sp³-hybridized carbons (Fsp3) is 0.364. The Balaban J connectivity index is 0. The molecule has 1 aliphatic carbocycles. The van der Waals surface area contributed by atoms with Crippen LogP contribution < -0.4 is 0 Å². The van der Waals surface area contributed by atoms with Crippen molar-refractivity contribution in [3.05, 3.63) is 71.1 Å². The molecule has 0 radical (unpaired) electrons. The van der Waals surface area contributed by atoms with Gasteiger partial charge < -0.3 is 21.7 Å². The van der Waals surface area contributed by atoms with E-state index < -0.39 is 32.2 Å². The molecule has 0 unspecified atom stereocenters. The Morgan fingerprint density at radius 3 is 1.08 bits per heavy atom. The molecule has 1 saturated carbocycles. The predicted octanol–water partition coefficient (Wildman–Crippen LogP) is 4.04. The first-order valence-electron chi connectivity index (χ1n) is 10.4. The van der Waals surface area contributed by atoms with Gasteiger partial charge in [0.1, 0.15) is 0 Å². The number of nitrogens with one attached hydrogen (secondary N) is 2. The zero-order valence-electron chi connectivity index (χ0n) is 20.0. The van der Waals surface area contributed by atoms with Gasteiger partial charge >= 0.3 is 33.0 Å². The van der Waals surface area contributed by atoms with Gasteiger partial charge in [0.25, 0.3) is 20.2 Å². The average molecular weight is 742 g/mol. The number of carboxylic acid groups (broad SMARTS) is 2. The van der Waals surface area contributed by atoms with Gasteiger partial charge in [-0.1, -0.05) is 61.1 Å². The third-order valence-corrected chi connectivity index (χ3v) is 6.32. The minimum atomic E-state index is -4.02. The SMILES string of the molecule is Cc1ccc(S(=O)(=O)O)cc1.Cc1ccc(S(=O)(=O)O)cc1.O=C(O)C(=O)O.[NH-][C@@H]1CCCC[C@H]1[NH-].[Pt+2]. The maximum Gasteiger partial charge on any atom is 2.00 e. The normalized spacial score (nSPS) is 16.6. The molecule has 0 bridgehead atoms. The molecule has 6 N–H and O–H groups in total. The van der Waals surface area contributed by atoms with Gasteiger partial charge in [-0.2, -0.15) is 28.9 Å². The number of benzene rings is 2. The van der Waals surface area contributed by atoms with Crippen LogP contribution in [0.2, 0.25) is 0 Å². The van der Waals surface area contributed by atoms with E-state index in [0.29, 0.717) is 0 Å². The van der Waals surface area contributed by atoms with Crippen LogP contribution in [0.25, 0.3) is 11.5 Å². The van der Waals surface area contributed by atoms with Crippen molar-refractivity contribution in [3.8, 4) is 0 Å². The minimum Gasteiger partial charge on any atom is -0.676 e. The Morgan fingerprint density at radius 2 is 0.919 bits per heavy atom. The van der Waals surface area contributed by atoms with Crippen molar-refractivity contribution in [3.63, 3.8) is 0 Å². The van der Waals surface area contributed by atoms with Crippen LogP contribution in [0.3, 0.4) is 0 Å². The van der Waals surface area contributed by atoms with E-state index in [9.17, 15) is 16.8 Å². The third-order valence-electron chi connectivity index (χ3n) is 4.59. The Labute approximate surface area is 230 Å². The summed E-state index contributed by atoms with van der Waals surface area (Å²) in [6.45, 7) is 3.68. The first kappa shape index (κ1) is 37.0. The number of hydrogen-bond acceptors (Lipinski definition) is 6. The second kappa shape index (κ2) is 17.3. The number of aliphatic carboxylic acids is 2. The van der Waals surface area contributed by atoms with E-state index in [-0.39, 0.29) is 42.9 Å². The van der Waals surface area contributed by atoms with Gasteiger partial charge in [0.05, 0.1) is 9.79 Å². The second-order valence-corrected chi connectivity index (χ2v) is 10.5. The Hall–Kier alpha value is -2.19. The summed E-state index contributed by atoms with van der Waals surface area (Å²) >= 11 is 0. The fourth-order valence-electron chi connectivity index (χ4n) is 2.55. The topological polar surface area (TPSA) is 231 Å². The summed E-state index contributed by atoms with van der Waals surface area (Å²) in [6, 6.07) is 11.8. The molecule has 3 rings (SSSR count). The molecule has 0 aliphatic heterocycles. The van der Waals surface area contributed by atoms with E-state index in [2.05, 4.69) is 0 Å². The van der Waals surface area contributed by atoms with Gasteiger partial charge in [-0.05, 0) is 38.1 Å². The summed E-state index contributed by atoms with van der Waals surface area (Å²) < 4.78 is 59.1. The standard InChI is InChI=1S/2C7H8O3S.C6H12N2.C2H2O4.Pt/c2*1-6-2-4-7(5-3-6)11(8,9)10;7-5-3-1-2-4-6(5)8;3-1(4)2(5)6;/h2*2-5H,1H3,(H,8,9,10);5-8H,1-4H2;(H,3,4)(H,5,6);/q;;-2;;+2/t;;5-,6-;;/m..1../s1. The molecule has 0 spiro atoms. The summed E-state index contributed by atoms with van der Waals surface area (Å²) in [5.41, 5.74) is 16.5. The van der Waals surface area contributed by atoms with Crippen molar-refractivity contribution in [1.82, 2.24) is 0 Å². The van der Waals surface area contributed by atoms with Crippen LogP contribution in [0.1, 0.15) is 36.8 Å². The van der Waals surface area contributed by atoms with Crippen LogP contribution >= 0.6 is 0 Å². The first-order chi connectivity index (χ1) is 16.4. The fourth-order valence-corrected chi connectivity index (χ4v) is 3.51. The molecule has 0 heterocycles. The molecule has 2 atom stereocenters. The Kier molecular flexibility index (Phi) is 17.3. The molecule has 15 heteroatoms. The van der Waals surface area contributed by atoms with Crippen molar-refractivity contribution >= 4 is 32.2 Å². The van der Waals surface area contributed by atoms with Crippen LogP contribution in [-0.2, 0) is 50.9 Å². The summed E-state index contributed by atoms with van der Waals surface area (Å²) in [7, 11) is -8.04. The second-order valence-electron chi connectivity index (χ2n) is 7.68. The van der Waals surface area contributed by atoms with Crippen molar-refractivity contribution in [2.24, 2.45) is 0 Å². The molecule has 0 amide bonds. The summed E-state index contributed by atoms with van der Waals surface area (Å²) in [5, 5.41) is 14.8. The van der Waals surface area contributed by atoms with Crippen LogP contribution in [0.15, 0.2) is 58.3 Å². The molecule has 2 aromatic carbocycles. The molecule has 2 aromatic rings. The van der Waals surface area contributed by atoms with E-state index in [1.807, 2.05) is 13.8 Å². The summed E-state index contributed by atoms with van der Waals surface area (Å²) in [5.74, 6) is -3.65. The smallest absolute Gasteiger partial charge is 0.676 e. The summed E-state index contributed by atoms with van der Waals surface area (Å²) in [4.78, 5) is 18.1. The average Bonchev–Trinajstić information content (AvgIpc) is 2.76. The van der Waals surface area contributed by atoms with E-state index in [4.69, 9.17) is 40.4 Å². The predicted molar refractivity (Wildman–Crippen MR) is 132 cm³/mol. The molecule has 37 heavy (non-hydrogen) atoms. The van der Waals surface area contributed by atoms with Crippen molar-refractivity contribution in [1.29, 1.82) is 0 Å². The quantitative estimate of drug-likeness (QED) is 0.255. The van der Waals surface area contributed by atoms with Crippen molar-refractivity contribution in [2.45, 2.75) is 61.4 Å². The molecule has 0 saturated heterocycles. The minimum absolute atomic E-state index is 0. The van der Waals surface area contributed by atoms with Gasteiger partial charge in [-0.25, -0.2) is 9.59 Å². The maximum atomic E-state index is 10.5.